The molecule has 1 rings (SSSR count). The molecule has 9 heavy (non-hydrogen) atoms. The van der Waals surface area contributed by atoms with Crippen LogP contribution in [-0.2, 0) is 4.74 Å². The van der Waals surface area contributed by atoms with Gasteiger partial charge in [0.1, 0.15) is 5.56 Å². The Labute approximate surface area is 64.3 Å². The van der Waals surface area contributed by atoms with Crippen molar-refractivity contribution in [3.8, 4) is 0 Å². The Balaban J connectivity index is 2.11. The summed E-state index contributed by atoms with van der Waals surface area (Å²) >= 11 is 7.34. The lowest BCUT2D eigenvalue weighted by molar-refractivity contribution is 0.0828. The van der Waals surface area contributed by atoms with Crippen LogP contribution in [0.15, 0.2) is 0 Å². The third-order valence-corrected chi connectivity index (χ3v) is 2.12. The summed E-state index contributed by atoms with van der Waals surface area (Å²) in [6, 6.07) is 0. The minimum absolute atomic E-state index is 0.123. The fourth-order valence-electron chi connectivity index (χ4n) is 0.659. The summed E-state index contributed by atoms with van der Waals surface area (Å²) in [5.41, 5.74) is -0.0643. The molecule has 1 fully saturated rings. The molecule has 0 spiro atoms. The van der Waals surface area contributed by atoms with Gasteiger partial charge in [-0.25, -0.2) is 0 Å². The summed E-state index contributed by atoms with van der Waals surface area (Å²) in [5.74, 6) is 1.12. The van der Waals surface area contributed by atoms with E-state index in [1.807, 2.05) is 6.92 Å². The van der Waals surface area contributed by atoms with Gasteiger partial charge in [-0.05, 0) is 6.92 Å². The summed E-state index contributed by atoms with van der Waals surface area (Å²) < 4.78 is 5.23. The zero-order valence-corrected chi connectivity index (χ0v) is 6.84. The smallest absolute Gasteiger partial charge is 0.158 e. The van der Waals surface area contributed by atoms with Gasteiger partial charge in [-0.3, -0.25) is 5.32 Å². The molecule has 54 valence electrons. The molecule has 4 heteroatoms. The molecule has 0 bridgehead atoms. The first-order valence-electron chi connectivity index (χ1n) is 2.93. The van der Waals surface area contributed by atoms with E-state index in [0.29, 0.717) is 0 Å². The lowest BCUT2D eigenvalue weighted by Gasteiger charge is -2.11. The van der Waals surface area contributed by atoms with Crippen molar-refractivity contribution in [2.75, 3.05) is 12.3 Å². The van der Waals surface area contributed by atoms with Gasteiger partial charge in [-0.2, -0.15) is 0 Å². The molecule has 2 nitrogen and oxygen atoms in total. The highest BCUT2D eigenvalue weighted by atomic mass is 35.5. The Hall–Kier alpha value is 0.560. The molecule has 1 heterocycles. The van der Waals surface area contributed by atoms with Crippen molar-refractivity contribution in [1.82, 2.24) is 5.32 Å². The number of thioether (sulfide) groups is 1. The lowest BCUT2D eigenvalue weighted by atomic mass is 10.8. The molecule has 0 aliphatic carbocycles. The highest BCUT2D eigenvalue weighted by Crippen LogP contribution is 2.17. The Kier molecular flexibility index (Phi) is 3.12. The first kappa shape index (κ1) is 7.66. The maximum Gasteiger partial charge on any atom is 0.158 e. The number of alkyl halides is 1. The van der Waals surface area contributed by atoms with Gasteiger partial charge in [0, 0.05) is 12.3 Å². The predicted octanol–water partition coefficient (Wildman–Crippen LogP) is 1.21. The molecule has 2 unspecified atom stereocenters. The highest BCUT2D eigenvalue weighted by Gasteiger charge is 2.15. The average molecular weight is 168 g/mol. The van der Waals surface area contributed by atoms with Gasteiger partial charge in [0.05, 0.1) is 0 Å². The third-order valence-electron chi connectivity index (χ3n) is 0.993. The molecule has 1 aliphatic heterocycles. The summed E-state index contributed by atoms with van der Waals surface area (Å²) in [5, 5.41) is 3.14. The number of ether oxygens (including phenoxy) is 1. The number of nitrogens with one attached hydrogen (secondary N) is 1. The number of halogens is 1. The van der Waals surface area contributed by atoms with Gasteiger partial charge in [-0.1, -0.05) is 11.6 Å². The monoisotopic (exact) mass is 167 g/mol. The molecule has 1 aliphatic rings. The number of rotatable bonds is 2. The molecule has 1 N–H and O–H groups in total. The molecule has 2 atom stereocenters. The van der Waals surface area contributed by atoms with Gasteiger partial charge in [0.15, 0.2) is 5.56 Å². The van der Waals surface area contributed by atoms with Gasteiger partial charge < -0.3 is 4.74 Å². The van der Waals surface area contributed by atoms with E-state index in [9.17, 15) is 0 Å². The minimum atomic E-state index is -0.187. The van der Waals surface area contributed by atoms with E-state index in [2.05, 4.69) is 5.32 Å². The molecule has 0 amide bonds. The zero-order chi connectivity index (χ0) is 6.69. The van der Waals surface area contributed by atoms with Crippen molar-refractivity contribution in [2.24, 2.45) is 0 Å². The van der Waals surface area contributed by atoms with E-state index in [0.717, 1.165) is 12.3 Å². The van der Waals surface area contributed by atoms with Crippen molar-refractivity contribution in [3.63, 3.8) is 0 Å². The number of hydrogen-bond donors (Lipinski definition) is 1. The maximum atomic E-state index is 5.58. The largest absolute Gasteiger partial charge is 0.335 e. The normalized spacial score (nSPS) is 30.7. The first-order valence-corrected chi connectivity index (χ1v) is 4.42. The van der Waals surface area contributed by atoms with Crippen molar-refractivity contribution in [3.05, 3.63) is 0 Å². The van der Waals surface area contributed by atoms with Crippen LogP contribution in [0.5, 0.6) is 0 Å². The average Bonchev–Trinajstić information content (AvgIpc) is 2.15. The third kappa shape index (κ3) is 2.76. The van der Waals surface area contributed by atoms with E-state index in [-0.39, 0.29) is 11.1 Å². The molecule has 0 aromatic rings. The van der Waals surface area contributed by atoms with Crippen molar-refractivity contribution in [1.29, 1.82) is 0 Å². The predicted molar refractivity (Wildman–Crippen MR) is 40.6 cm³/mol. The van der Waals surface area contributed by atoms with Crippen molar-refractivity contribution in [2.45, 2.75) is 18.0 Å². The van der Waals surface area contributed by atoms with Crippen LogP contribution in [0.1, 0.15) is 6.92 Å². The summed E-state index contributed by atoms with van der Waals surface area (Å²) in [6.45, 7) is 2.85. The van der Waals surface area contributed by atoms with Crippen LogP contribution in [0.25, 0.3) is 0 Å². The molecule has 0 radical (unpaired) electrons. The minimum Gasteiger partial charge on any atom is -0.335 e. The second kappa shape index (κ2) is 3.66. The Bertz CT molecular complexity index is 85.0. The van der Waals surface area contributed by atoms with Gasteiger partial charge in [0.2, 0.25) is 0 Å². The quantitative estimate of drug-likeness (QED) is 0.625. The van der Waals surface area contributed by atoms with Crippen LogP contribution >= 0.6 is 23.4 Å². The van der Waals surface area contributed by atoms with Crippen molar-refractivity contribution < 1.29 is 4.74 Å². The van der Waals surface area contributed by atoms with E-state index >= 15 is 0 Å². The summed E-state index contributed by atoms with van der Waals surface area (Å²) in [4.78, 5) is 0. The summed E-state index contributed by atoms with van der Waals surface area (Å²) in [6.07, 6.45) is 0. The first-order chi connectivity index (χ1) is 4.29. The Morgan fingerprint density at radius 2 is 2.67 bits per heavy atom. The molecule has 1 saturated heterocycles. The Morgan fingerprint density at radius 3 is 3.11 bits per heavy atom. The van der Waals surface area contributed by atoms with Crippen LogP contribution in [0, 0.1) is 0 Å². The van der Waals surface area contributed by atoms with E-state index in [1.54, 1.807) is 11.8 Å². The topological polar surface area (TPSA) is 21.3 Å². The highest BCUT2D eigenvalue weighted by molar-refractivity contribution is 7.99. The number of hydrogen-bond acceptors (Lipinski definition) is 3. The van der Waals surface area contributed by atoms with Crippen LogP contribution < -0.4 is 5.32 Å². The second-order valence-corrected chi connectivity index (χ2v) is 3.62. The van der Waals surface area contributed by atoms with Gasteiger partial charge >= 0.3 is 0 Å². The summed E-state index contributed by atoms with van der Waals surface area (Å²) in [7, 11) is 0. The Morgan fingerprint density at radius 1 is 1.89 bits per heavy atom. The van der Waals surface area contributed by atoms with Crippen LogP contribution in [-0.4, -0.2) is 23.4 Å². The van der Waals surface area contributed by atoms with E-state index < -0.39 is 0 Å². The van der Waals surface area contributed by atoms with Crippen molar-refractivity contribution >= 4 is 23.4 Å². The van der Waals surface area contributed by atoms with Crippen LogP contribution in [0.4, 0.5) is 0 Å². The fraction of sp³-hybridized carbons (Fsp3) is 1.00. The zero-order valence-electron chi connectivity index (χ0n) is 5.26. The molecular weight excluding hydrogens is 158 g/mol. The van der Waals surface area contributed by atoms with E-state index in [1.165, 1.54) is 0 Å². The standard InChI is InChI=1S/C5H10ClNOS/c1-4(6)8-5-7-2-3-9-5/h4-5,7H,2-3H2,1H3. The van der Waals surface area contributed by atoms with Gasteiger partial charge in [-0.15, -0.1) is 11.8 Å². The van der Waals surface area contributed by atoms with E-state index in [4.69, 9.17) is 16.3 Å². The van der Waals surface area contributed by atoms with Crippen LogP contribution in [0.2, 0.25) is 0 Å². The fourth-order valence-corrected chi connectivity index (χ4v) is 1.75. The molecule has 0 saturated carbocycles. The SMILES string of the molecule is CC(Cl)OC1NCCS1. The lowest BCUT2D eigenvalue weighted by Crippen LogP contribution is -2.24. The molecule has 0 aromatic carbocycles. The molecule has 0 aromatic heterocycles. The van der Waals surface area contributed by atoms with Crippen LogP contribution in [0.3, 0.4) is 0 Å². The molecular formula is C5H10ClNOS. The maximum absolute atomic E-state index is 5.58. The van der Waals surface area contributed by atoms with Gasteiger partial charge in [0.25, 0.3) is 0 Å². The second-order valence-electron chi connectivity index (χ2n) is 1.84.